The van der Waals surface area contributed by atoms with Crippen LogP contribution in [0.4, 0.5) is 0 Å². The van der Waals surface area contributed by atoms with Crippen molar-refractivity contribution in [2.45, 2.75) is 38.6 Å². The fourth-order valence-electron chi connectivity index (χ4n) is 2.69. The topological polar surface area (TPSA) is 32.5 Å². The van der Waals surface area contributed by atoms with E-state index in [1.807, 2.05) is 0 Å². The van der Waals surface area contributed by atoms with Crippen molar-refractivity contribution in [3.05, 3.63) is 0 Å². The van der Waals surface area contributed by atoms with E-state index in [2.05, 4.69) is 44.8 Å². The molecule has 1 aliphatic rings. The van der Waals surface area contributed by atoms with Gasteiger partial charge in [0.2, 0.25) is 0 Å². The second-order valence-electron chi connectivity index (χ2n) is 6.51. The third-order valence-electron chi connectivity index (χ3n) is 4.05. The summed E-state index contributed by atoms with van der Waals surface area (Å²) in [6.07, 6.45) is 4.06. The van der Waals surface area contributed by atoms with Crippen LogP contribution in [0.5, 0.6) is 0 Å². The second-order valence-corrected chi connectivity index (χ2v) is 6.51. The average molecular weight is 227 g/mol. The zero-order valence-corrected chi connectivity index (χ0v) is 11.7. The minimum atomic E-state index is 0.228. The summed E-state index contributed by atoms with van der Waals surface area (Å²) < 4.78 is 0. The molecule has 0 heterocycles. The lowest BCUT2D eigenvalue weighted by atomic mass is 9.75. The lowest BCUT2D eigenvalue weighted by Gasteiger charge is -2.50. The maximum Gasteiger partial charge on any atom is 0.0330 e. The van der Waals surface area contributed by atoms with Crippen molar-refractivity contribution in [2.75, 3.05) is 40.8 Å². The Bertz CT molecular complexity index is 219. The van der Waals surface area contributed by atoms with Gasteiger partial charge in [0.05, 0.1) is 0 Å². The van der Waals surface area contributed by atoms with Crippen molar-refractivity contribution in [3.63, 3.8) is 0 Å². The summed E-state index contributed by atoms with van der Waals surface area (Å²) >= 11 is 0. The molecule has 0 radical (unpaired) electrons. The van der Waals surface area contributed by atoms with Crippen LogP contribution < -0.4 is 5.73 Å². The highest BCUT2D eigenvalue weighted by Gasteiger charge is 2.40. The molecule has 0 aliphatic heterocycles. The monoisotopic (exact) mass is 227 g/mol. The molecule has 3 heteroatoms. The zero-order chi connectivity index (χ0) is 12.4. The largest absolute Gasteiger partial charge is 0.330 e. The van der Waals surface area contributed by atoms with E-state index in [0.717, 1.165) is 13.1 Å². The Morgan fingerprint density at radius 2 is 1.75 bits per heavy atom. The van der Waals surface area contributed by atoms with Crippen molar-refractivity contribution >= 4 is 0 Å². The Morgan fingerprint density at radius 3 is 2.06 bits per heavy atom. The Kier molecular flexibility index (Phi) is 4.38. The molecule has 96 valence electrons. The maximum atomic E-state index is 5.79. The molecule has 0 aromatic carbocycles. The third kappa shape index (κ3) is 3.19. The van der Waals surface area contributed by atoms with Gasteiger partial charge in [-0.15, -0.1) is 0 Å². The summed E-state index contributed by atoms with van der Waals surface area (Å²) in [4.78, 5) is 4.86. The van der Waals surface area contributed by atoms with Crippen molar-refractivity contribution in [3.8, 4) is 0 Å². The molecule has 0 unspecified atom stereocenters. The standard InChI is InChI=1S/C13H29N3/c1-12(2,9-14)10-16(5)11-13(15(3)4)7-6-8-13/h6-11,14H2,1-5H3. The Balaban J connectivity index is 2.47. The molecule has 0 bridgehead atoms. The molecule has 16 heavy (non-hydrogen) atoms. The SMILES string of the molecule is CN(CC(C)(C)CN)CC1(N(C)C)CCC1. The van der Waals surface area contributed by atoms with Crippen LogP contribution >= 0.6 is 0 Å². The number of hydrogen-bond acceptors (Lipinski definition) is 3. The molecule has 2 N–H and O–H groups in total. The number of hydrogen-bond donors (Lipinski definition) is 1. The first kappa shape index (κ1) is 13.9. The average Bonchev–Trinajstić information content (AvgIpc) is 2.10. The Morgan fingerprint density at radius 1 is 1.19 bits per heavy atom. The van der Waals surface area contributed by atoms with Gasteiger partial charge >= 0.3 is 0 Å². The van der Waals surface area contributed by atoms with E-state index in [-0.39, 0.29) is 5.41 Å². The van der Waals surface area contributed by atoms with Gasteiger partial charge in [-0.3, -0.25) is 0 Å². The van der Waals surface area contributed by atoms with Gasteiger partial charge in [-0.2, -0.15) is 0 Å². The normalized spacial score (nSPS) is 20.2. The van der Waals surface area contributed by atoms with Gasteiger partial charge in [0.25, 0.3) is 0 Å². The Labute approximate surface area is 101 Å². The number of nitrogens with zero attached hydrogens (tertiary/aromatic N) is 2. The van der Waals surface area contributed by atoms with Crippen molar-refractivity contribution in [2.24, 2.45) is 11.1 Å². The first-order chi connectivity index (χ1) is 7.31. The second kappa shape index (κ2) is 5.03. The summed E-state index contributed by atoms with van der Waals surface area (Å²) in [5.41, 5.74) is 6.45. The molecule has 3 nitrogen and oxygen atoms in total. The van der Waals surface area contributed by atoms with Crippen LogP contribution in [0.25, 0.3) is 0 Å². The van der Waals surface area contributed by atoms with Gasteiger partial charge in [0, 0.05) is 18.6 Å². The third-order valence-corrected chi connectivity index (χ3v) is 4.05. The van der Waals surface area contributed by atoms with Gasteiger partial charge in [-0.25, -0.2) is 0 Å². The van der Waals surface area contributed by atoms with E-state index in [9.17, 15) is 0 Å². The van der Waals surface area contributed by atoms with E-state index >= 15 is 0 Å². The molecule has 1 saturated carbocycles. The minimum Gasteiger partial charge on any atom is -0.330 e. The lowest BCUT2D eigenvalue weighted by molar-refractivity contribution is 0.0195. The van der Waals surface area contributed by atoms with E-state index in [1.54, 1.807) is 0 Å². The number of rotatable bonds is 6. The molecule has 1 aliphatic carbocycles. The molecule has 0 saturated heterocycles. The molecule has 1 rings (SSSR count). The zero-order valence-electron chi connectivity index (χ0n) is 11.7. The number of nitrogens with two attached hydrogens (primary N) is 1. The molecular formula is C13H29N3. The highest BCUT2D eigenvalue weighted by Crippen LogP contribution is 2.36. The summed E-state index contributed by atoms with van der Waals surface area (Å²) in [6, 6.07) is 0. The smallest absolute Gasteiger partial charge is 0.0330 e. The van der Waals surface area contributed by atoms with Gasteiger partial charge in [-0.1, -0.05) is 13.8 Å². The predicted molar refractivity (Wildman–Crippen MR) is 70.6 cm³/mol. The summed E-state index contributed by atoms with van der Waals surface area (Å²) in [5.74, 6) is 0. The predicted octanol–water partition coefficient (Wildman–Crippen LogP) is 1.39. The van der Waals surface area contributed by atoms with Gasteiger partial charge in [0.1, 0.15) is 0 Å². The van der Waals surface area contributed by atoms with Crippen LogP contribution in [0, 0.1) is 5.41 Å². The van der Waals surface area contributed by atoms with Gasteiger partial charge in [-0.05, 0) is 52.4 Å². The molecular weight excluding hydrogens is 198 g/mol. The fourth-order valence-corrected chi connectivity index (χ4v) is 2.69. The first-order valence-corrected chi connectivity index (χ1v) is 6.37. The molecule has 0 amide bonds. The Hall–Kier alpha value is -0.120. The van der Waals surface area contributed by atoms with E-state index in [4.69, 9.17) is 5.73 Å². The highest BCUT2D eigenvalue weighted by atomic mass is 15.2. The molecule has 0 atom stereocenters. The minimum absolute atomic E-state index is 0.228. The van der Waals surface area contributed by atoms with E-state index in [1.165, 1.54) is 25.8 Å². The molecule has 0 aromatic heterocycles. The van der Waals surface area contributed by atoms with Crippen LogP contribution in [0.1, 0.15) is 33.1 Å². The fraction of sp³-hybridized carbons (Fsp3) is 1.00. The molecule has 0 aromatic rings. The van der Waals surface area contributed by atoms with Crippen molar-refractivity contribution in [1.82, 2.24) is 9.80 Å². The van der Waals surface area contributed by atoms with Crippen LogP contribution in [0.2, 0.25) is 0 Å². The summed E-state index contributed by atoms with van der Waals surface area (Å²) in [5, 5.41) is 0. The first-order valence-electron chi connectivity index (χ1n) is 6.37. The van der Waals surface area contributed by atoms with Crippen LogP contribution in [0.15, 0.2) is 0 Å². The lowest BCUT2D eigenvalue weighted by Crippen LogP contribution is -2.57. The van der Waals surface area contributed by atoms with E-state index < -0.39 is 0 Å². The maximum absolute atomic E-state index is 5.79. The molecule has 1 fully saturated rings. The van der Waals surface area contributed by atoms with Crippen LogP contribution in [0.3, 0.4) is 0 Å². The van der Waals surface area contributed by atoms with Crippen LogP contribution in [-0.2, 0) is 0 Å². The van der Waals surface area contributed by atoms with Gasteiger partial charge < -0.3 is 15.5 Å². The van der Waals surface area contributed by atoms with Crippen molar-refractivity contribution in [1.29, 1.82) is 0 Å². The highest BCUT2D eigenvalue weighted by molar-refractivity contribution is 4.98. The van der Waals surface area contributed by atoms with Crippen LogP contribution in [-0.4, -0.2) is 56.1 Å². The van der Waals surface area contributed by atoms with Gasteiger partial charge in [0.15, 0.2) is 0 Å². The number of likely N-dealkylation sites (N-methyl/N-ethyl adjacent to an activating group) is 2. The quantitative estimate of drug-likeness (QED) is 0.744. The summed E-state index contributed by atoms with van der Waals surface area (Å²) in [7, 11) is 6.64. The summed E-state index contributed by atoms with van der Waals surface area (Å²) in [6.45, 7) is 7.49. The van der Waals surface area contributed by atoms with E-state index in [0.29, 0.717) is 5.54 Å². The van der Waals surface area contributed by atoms with Crippen molar-refractivity contribution < 1.29 is 0 Å². The molecule has 0 spiro atoms.